The molecule has 3 aromatic carbocycles. The van der Waals surface area contributed by atoms with E-state index in [2.05, 4.69) is 5.32 Å². The number of carboxylic acids is 2. The lowest BCUT2D eigenvalue weighted by atomic mass is 10.1. The standard InChI is InChI=1S/C31H34N2O8/c1-21-9-13-23(14-10-21)39-18-2-3-19-40-24-15-11-22(12-16-24)30(36)32-25-6-4-7-26-29(25)41-27(31(37)38)20-33(26)17-5-8-28(34)35/h4,6-7,9-16,27H,2-3,5,8,17-20H2,1H3,(H,32,36)(H,34,35)(H,37,38). The lowest BCUT2D eigenvalue weighted by Crippen LogP contribution is -2.45. The van der Waals surface area contributed by atoms with Gasteiger partial charge in [0.2, 0.25) is 6.10 Å². The van der Waals surface area contributed by atoms with Gasteiger partial charge in [0.05, 0.1) is 31.1 Å². The fraction of sp³-hybridized carbons (Fsp3) is 0.323. The van der Waals surface area contributed by atoms with Gasteiger partial charge in [0, 0.05) is 18.5 Å². The minimum Gasteiger partial charge on any atom is -0.494 e. The van der Waals surface area contributed by atoms with Crippen molar-refractivity contribution >= 4 is 29.2 Å². The largest absolute Gasteiger partial charge is 0.494 e. The Hall–Kier alpha value is -4.73. The summed E-state index contributed by atoms with van der Waals surface area (Å²) in [5.41, 5.74) is 2.51. The number of carboxylic acid groups (broad SMARTS) is 2. The van der Waals surface area contributed by atoms with Gasteiger partial charge in [-0.05, 0) is 74.7 Å². The Morgan fingerprint density at radius 1 is 0.902 bits per heavy atom. The summed E-state index contributed by atoms with van der Waals surface area (Å²) >= 11 is 0. The Kier molecular flexibility index (Phi) is 10.0. The van der Waals surface area contributed by atoms with Crippen molar-refractivity contribution in [1.29, 1.82) is 0 Å². The molecule has 0 saturated carbocycles. The van der Waals surface area contributed by atoms with E-state index in [0.29, 0.717) is 48.9 Å². The summed E-state index contributed by atoms with van der Waals surface area (Å²) in [5.74, 6) is -0.730. The number of amides is 1. The number of hydrogen-bond acceptors (Lipinski definition) is 7. The average Bonchev–Trinajstić information content (AvgIpc) is 2.96. The third-order valence-corrected chi connectivity index (χ3v) is 6.54. The van der Waals surface area contributed by atoms with Gasteiger partial charge in [-0.2, -0.15) is 0 Å². The SMILES string of the molecule is Cc1ccc(OCCCCOc2ccc(C(=O)Nc3cccc4c3OC(C(=O)O)CN4CCCC(=O)O)cc2)cc1. The second kappa shape index (κ2) is 14.1. The highest BCUT2D eigenvalue weighted by Gasteiger charge is 2.32. The van der Waals surface area contributed by atoms with Gasteiger partial charge in [0.25, 0.3) is 5.91 Å². The van der Waals surface area contributed by atoms with Crippen molar-refractivity contribution in [3.05, 3.63) is 77.9 Å². The van der Waals surface area contributed by atoms with Crippen molar-refractivity contribution in [2.45, 2.75) is 38.7 Å². The Morgan fingerprint density at radius 2 is 1.54 bits per heavy atom. The van der Waals surface area contributed by atoms with Crippen LogP contribution in [0, 0.1) is 6.92 Å². The molecule has 1 atom stereocenters. The first-order chi connectivity index (χ1) is 19.8. The smallest absolute Gasteiger partial charge is 0.346 e. The van der Waals surface area contributed by atoms with Crippen LogP contribution >= 0.6 is 0 Å². The molecule has 4 rings (SSSR count). The first-order valence-electron chi connectivity index (χ1n) is 13.5. The molecule has 41 heavy (non-hydrogen) atoms. The number of para-hydroxylation sites is 1. The Balaban J connectivity index is 1.30. The fourth-order valence-corrected chi connectivity index (χ4v) is 4.35. The normalized spacial score (nSPS) is 14.0. The fourth-order valence-electron chi connectivity index (χ4n) is 4.35. The molecule has 0 aliphatic carbocycles. The van der Waals surface area contributed by atoms with E-state index < -0.39 is 23.9 Å². The van der Waals surface area contributed by atoms with E-state index in [-0.39, 0.29) is 18.7 Å². The van der Waals surface area contributed by atoms with Gasteiger partial charge in [-0.25, -0.2) is 4.79 Å². The van der Waals surface area contributed by atoms with Crippen LogP contribution in [0.1, 0.15) is 41.6 Å². The van der Waals surface area contributed by atoms with E-state index in [1.807, 2.05) is 31.2 Å². The molecule has 0 bridgehead atoms. The topological polar surface area (TPSA) is 135 Å². The zero-order chi connectivity index (χ0) is 29.2. The molecule has 10 nitrogen and oxygen atoms in total. The Bertz CT molecular complexity index is 1340. The molecule has 0 fully saturated rings. The van der Waals surface area contributed by atoms with Gasteiger partial charge >= 0.3 is 11.9 Å². The van der Waals surface area contributed by atoms with Crippen LogP contribution in [0.25, 0.3) is 0 Å². The summed E-state index contributed by atoms with van der Waals surface area (Å²) in [6.45, 7) is 3.56. The number of fused-ring (bicyclic) bond motifs is 1. The minimum atomic E-state index is -1.16. The van der Waals surface area contributed by atoms with Crippen molar-refractivity contribution in [1.82, 2.24) is 0 Å². The molecule has 1 unspecified atom stereocenters. The predicted molar refractivity (Wildman–Crippen MR) is 153 cm³/mol. The molecular formula is C31H34N2O8. The molecule has 216 valence electrons. The second-order valence-electron chi connectivity index (χ2n) is 9.74. The number of ether oxygens (including phenoxy) is 3. The van der Waals surface area contributed by atoms with E-state index in [4.69, 9.17) is 19.3 Å². The lowest BCUT2D eigenvalue weighted by Gasteiger charge is -2.35. The second-order valence-corrected chi connectivity index (χ2v) is 9.74. The highest BCUT2D eigenvalue weighted by atomic mass is 16.5. The Morgan fingerprint density at radius 3 is 2.15 bits per heavy atom. The van der Waals surface area contributed by atoms with Gasteiger partial charge in [0.15, 0.2) is 5.75 Å². The third-order valence-electron chi connectivity index (χ3n) is 6.54. The summed E-state index contributed by atoms with van der Waals surface area (Å²) in [6, 6.07) is 19.8. The van der Waals surface area contributed by atoms with Crippen LogP contribution in [0.4, 0.5) is 11.4 Å². The maximum Gasteiger partial charge on any atom is 0.346 e. The van der Waals surface area contributed by atoms with Crippen LogP contribution in [0.3, 0.4) is 0 Å². The zero-order valence-electron chi connectivity index (χ0n) is 22.9. The molecule has 1 amide bonds. The van der Waals surface area contributed by atoms with Gasteiger partial charge in [-0.1, -0.05) is 23.8 Å². The van der Waals surface area contributed by atoms with Crippen molar-refractivity contribution in [3.63, 3.8) is 0 Å². The average molecular weight is 563 g/mol. The number of nitrogens with one attached hydrogen (secondary N) is 1. The lowest BCUT2D eigenvalue weighted by molar-refractivity contribution is -0.145. The number of nitrogens with zero attached hydrogens (tertiary/aromatic N) is 1. The molecule has 0 aromatic heterocycles. The number of hydrogen-bond donors (Lipinski definition) is 3. The molecule has 0 spiro atoms. The minimum absolute atomic E-state index is 0.0387. The predicted octanol–water partition coefficient (Wildman–Crippen LogP) is 5.00. The molecule has 3 N–H and O–H groups in total. The van der Waals surface area contributed by atoms with Crippen LogP contribution in [0.15, 0.2) is 66.7 Å². The summed E-state index contributed by atoms with van der Waals surface area (Å²) in [7, 11) is 0. The number of rotatable bonds is 14. The van der Waals surface area contributed by atoms with Crippen molar-refractivity contribution < 1.29 is 38.8 Å². The maximum atomic E-state index is 13.0. The molecular weight excluding hydrogens is 528 g/mol. The van der Waals surface area contributed by atoms with Crippen LogP contribution < -0.4 is 24.4 Å². The number of carbonyl (C=O) groups excluding carboxylic acids is 1. The highest BCUT2D eigenvalue weighted by molar-refractivity contribution is 6.05. The van der Waals surface area contributed by atoms with Crippen molar-refractivity contribution in [3.8, 4) is 17.2 Å². The number of unbranched alkanes of at least 4 members (excludes halogenated alkanes) is 1. The van der Waals surface area contributed by atoms with Crippen LogP contribution in [-0.4, -0.2) is 60.5 Å². The van der Waals surface area contributed by atoms with Gasteiger partial charge in [0.1, 0.15) is 11.5 Å². The molecule has 0 radical (unpaired) electrons. The molecule has 1 aliphatic rings. The van der Waals surface area contributed by atoms with Crippen molar-refractivity contribution in [2.75, 3.05) is 36.5 Å². The summed E-state index contributed by atoms with van der Waals surface area (Å²) in [4.78, 5) is 37.4. The van der Waals surface area contributed by atoms with E-state index in [1.165, 1.54) is 5.56 Å². The highest BCUT2D eigenvalue weighted by Crippen LogP contribution is 2.40. The summed E-state index contributed by atoms with van der Waals surface area (Å²) < 4.78 is 17.3. The third kappa shape index (κ3) is 8.38. The van der Waals surface area contributed by atoms with Crippen LogP contribution in [-0.2, 0) is 9.59 Å². The first-order valence-corrected chi connectivity index (χ1v) is 13.5. The number of aryl methyl sites for hydroxylation is 1. The van der Waals surface area contributed by atoms with E-state index in [1.54, 1.807) is 47.4 Å². The molecule has 3 aromatic rings. The molecule has 1 aliphatic heterocycles. The number of anilines is 2. The Labute approximate surface area is 238 Å². The van der Waals surface area contributed by atoms with Crippen LogP contribution in [0.5, 0.6) is 17.2 Å². The summed E-state index contributed by atoms with van der Waals surface area (Å²) in [6.07, 6.45) is 0.808. The quantitative estimate of drug-likeness (QED) is 0.232. The number of aliphatic carboxylic acids is 2. The van der Waals surface area contributed by atoms with E-state index >= 15 is 0 Å². The van der Waals surface area contributed by atoms with Gasteiger partial charge in [-0.3, -0.25) is 9.59 Å². The van der Waals surface area contributed by atoms with Crippen molar-refractivity contribution in [2.24, 2.45) is 0 Å². The van der Waals surface area contributed by atoms with Gasteiger partial charge < -0.3 is 34.6 Å². The maximum absolute atomic E-state index is 13.0. The molecule has 1 heterocycles. The summed E-state index contributed by atoms with van der Waals surface area (Å²) in [5, 5.41) is 21.4. The number of benzene rings is 3. The zero-order valence-corrected chi connectivity index (χ0v) is 22.9. The number of carbonyl (C=O) groups is 3. The van der Waals surface area contributed by atoms with E-state index in [0.717, 1.165) is 18.6 Å². The van der Waals surface area contributed by atoms with Crippen LogP contribution in [0.2, 0.25) is 0 Å². The molecule has 10 heteroatoms. The first kappa shape index (κ1) is 29.3. The molecule has 0 saturated heterocycles. The van der Waals surface area contributed by atoms with Gasteiger partial charge in [-0.15, -0.1) is 0 Å². The van der Waals surface area contributed by atoms with E-state index in [9.17, 15) is 19.5 Å². The monoisotopic (exact) mass is 562 g/mol.